The van der Waals surface area contributed by atoms with E-state index in [1.807, 2.05) is 0 Å². The molecular weight excluding hydrogens is 390 g/mol. The van der Waals surface area contributed by atoms with E-state index in [0.717, 1.165) is 36.7 Å². The molecule has 0 saturated carbocycles. The van der Waals surface area contributed by atoms with Crippen LogP contribution in [0.3, 0.4) is 0 Å². The average molecular weight is 435 g/mol. The molecule has 0 bridgehead atoms. The molecule has 0 radical (unpaired) electrons. The SMILES string of the molecule is CCCCCCCCCC(=O)OCC1OC(OCCC[N+](C)(C)C)C(O)C(O)C1O. The average Bonchev–Trinajstić information content (AvgIpc) is 2.68. The number of ether oxygens (including phenoxy) is 3. The molecule has 3 N–H and O–H groups in total. The molecule has 0 aliphatic carbocycles. The fourth-order valence-electron chi connectivity index (χ4n) is 3.40. The Morgan fingerprint density at radius 3 is 2.17 bits per heavy atom. The summed E-state index contributed by atoms with van der Waals surface area (Å²) in [5.74, 6) is -0.347. The zero-order valence-electron chi connectivity index (χ0n) is 19.3. The third-order valence-electron chi connectivity index (χ3n) is 5.32. The molecule has 8 heteroatoms. The summed E-state index contributed by atoms with van der Waals surface area (Å²) in [4.78, 5) is 12.0. The van der Waals surface area contributed by atoms with Crippen LogP contribution < -0.4 is 0 Å². The summed E-state index contributed by atoms with van der Waals surface area (Å²) in [5.41, 5.74) is 0. The van der Waals surface area contributed by atoms with E-state index in [2.05, 4.69) is 28.1 Å². The van der Waals surface area contributed by atoms with Crippen molar-refractivity contribution in [2.75, 3.05) is 40.9 Å². The van der Waals surface area contributed by atoms with Crippen molar-refractivity contribution < 1.29 is 38.8 Å². The van der Waals surface area contributed by atoms with Gasteiger partial charge in [-0.15, -0.1) is 0 Å². The topological polar surface area (TPSA) is 105 Å². The number of nitrogens with zero attached hydrogens (tertiary/aromatic N) is 1. The van der Waals surface area contributed by atoms with Gasteiger partial charge >= 0.3 is 5.97 Å². The molecule has 178 valence electrons. The van der Waals surface area contributed by atoms with Crippen LogP contribution in [0, 0.1) is 0 Å². The van der Waals surface area contributed by atoms with Crippen molar-refractivity contribution in [3.8, 4) is 0 Å². The molecule has 1 fully saturated rings. The van der Waals surface area contributed by atoms with Crippen LogP contribution in [-0.4, -0.2) is 97.4 Å². The van der Waals surface area contributed by atoms with Crippen molar-refractivity contribution in [2.45, 2.75) is 95.4 Å². The van der Waals surface area contributed by atoms with Crippen molar-refractivity contribution in [3.05, 3.63) is 0 Å². The van der Waals surface area contributed by atoms with Crippen LogP contribution in [0.2, 0.25) is 0 Å². The number of hydrogen-bond acceptors (Lipinski definition) is 7. The van der Waals surface area contributed by atoms with Crippen LogP contribution in [-0.2, 0) is 19.0 Å². The minimum atomic E-state index is -1.42. The van der Waals surface area contributed by atoms with E-state index >= 15 is 0 Å². The Bertz CT molecular complexity index is 469. The minimum Gasteiger partial charge on any atom is -0.463 e. The maximum absolute atomic E-state index is 12.0. The second-order valence-electron chi connectivity index (χ2n) is 9.31. The van der Waals surface area contributed by atoms with Gasteiger partial charge in [0.1, 0.15) is 31.0 Å². The van der Waals surface area contributed by atoms with Crippen molar-refractivity contribution in [3.63, 3.8) is 0 Å². The highest BCUT2D eigenvalue weighted by Crippen LogP contribution is 2.23. The largest absolute Gasteiger partial charge is 0.463 e. The first-order valence-corrected chi connectivity index (χ1v) is 11.4. The first-order valence-electron chi connectivity index (χ1n) is 11.4. The van der Waals surface area contributed by atoms with Gasteiger partial charge in [-0.25, -0.2) is 0 Å². The maximum Gasteiger partial charge on any atom is 0.305 e. The van der Waals surface area contributed by atoms with Crippen LogP contribution in [0.1, 0.15) is 64.7 Å². The van der Waals surface area contributed by atoms with Crippen LogP contribution >= 0.6 is 0 Å². The Kier molecular flexibility index (Phi) is 13.0. The number of carbonyl (C=O) groups is 1. The zero-order valence-corrected chi connectivity index (χ0v) is 19.3. The minimum absolute atomic E-state index is 0.182. The van der Waals surface area contributed by atoms with Crippen LogP contribution in [0.4, 0.5) is 0 Å². The normalized spacial score (nSPS) is 27.2. The van der Waals surface area contributed by atoms with Gasteiger partial charge in [0.15, 0.2) is 6.29 Å². The van der Waals surface area contributed by atoms with Crippen molar-refractivity contribution in [1.82, 2.24) is 0 Å². The van der Waals surface area contributed by atoms with Gasteiger partial charge in [0, 0.05) is 12.8 Å². The molecule has 1 heterocycles. The molecule has 0 spiro atoms. The number of carbonyl (C=O) groups excluding carboxylic acids is 1. The highest BCUT2D eigenvalue weighted by atomic mass is 16.7. The van der Waals surface area contributed by atoms with Crippen LogP contribution in [0.5, 0.6) is 0 Å². The fraction of sp³-hybridized carbons (Fsp3) is 0.955. The molecule has 5 atom stereocenters. The predicted octanol–water partition coefficient (Wildman–Crippen LogP) is 1.59. The van der Waals surface area contributed by atoms with Gasteiger partial charge in [0.25, 0.3) is 0 Å². The Labute approximate surface area is 181 Å². The summed E-state index contributed by atoms with van der Waals surface area (Å²) in [7, 11) is 6.22. The van der Waals surface area contributed by atoms with Gasteiger partial charge in [-0.3, -0.25) is 4.79 Å². The summed E-state index contributed by atoms with van der Waals surface area (Å²) < 4.78 is 17.2. The first-order chi connectivity index (χ1) is 14.2. The molecule has 0 amide bonds. The zero-order chi connectivity index (χ0) is 22.6. The van der Waals surface area contributed by atoms with Crippen molar-refractivity contribution in [1.29, 1.82) is 0 Å². The Hall–Kier alpha value is -0.770. The summed E-state index contributed by atoms with van der Waals surface area (Å²) in [6.07, 6.45) is 2.75. The standard InChI is InChI=1S/C22H44NO7/c1-5-6-7-8-9-10-11-13-18(24)29-16-17-19(25)20(26)21(27)22(30-17)28-15-12-14-23(2,3)4/h17,19-22,25-27H,5-16H2,1-4H3/q+1. The van der Waals surface area contributed by atoms with E-state index in [1.54, 1.807) is 0 Å². The lowest BCUT2D eigenvalue weighted by Crippen LogP contribution is -2.59. The summed E-state index contributed by atoms with van der Waals surface area (Å²) in [6, 6.07) is 0. The molecule has 0 aromatic heterocycles. The summed E-state index contributed by atoms with van der Waals surface area (Å²) in [5, 5.41) is 30.4. The number of unbranched alkanes of at least 4 members (excludes halogenated alkanes) is 6. The quantitative estimate of drug-likeness (QED) is 0.204. The second-order valence-corrected chi connectivity index (χ2v) is 9.31. The molecule has 30 heavy (non-hydrogen) atoms. The maximum atomic E-state index is 12.0. The number of rotatable bonds is 15. The Morgan fingerprint density at radius 2 is 1.53 bits per heavy atom. The molecule has 5 unspecified atom stereocenters. The van der Waals surface area contributed by atoms with E-state index in [-0.39, 0.29) is 12.6 Å². The van der Waals surface area contributed by atoms with Gasteiger partial charge in [0.05, 0.1) is 34.3 Å². The molecule has 0 aromatic carbocycles. The van der Waals surface area contributed by atoms with E-state index in [1.165, 1.54) is 25.7 Å². The van der Waals surface area contributed by atoms with Gasteiger partial charge in [-0.05, 0) is 6.42 Å². The monoisotopic (exact) mass is 434 g/mol. The first kappa shape index (κ1) is 27.3. The van der Waals surface area contributed by atoms with Crippen molar-refractivity contribution >= 4 is 5.97 Å². The molecule has 0 aromatic rings. The lowest BCUT2D eigenvalue weighted by molar-refractivity contribution is -0.870. The highest BCUT2D eigenvalue weighted by Gasteiger charge is 2.44. The van der Waals surface area contributed by atoms with Gasteiger partial charge in [-0.1, -0.05) is 45.4 Å². The van der Waals surface area contributed by atoms with Gasteiger partial charge < -0.3 is 34.0 Å². The summed E-state index contributed by atoms with van der Waals surface area (Å²) >= 11 is 0. The van der Waals surface area contributed by atoms with Gasteiger partial charge in [-0.2, -0.15) is 0 Å². The number of aliphatic hydroxyl groups is 3. The lowest BCUT2D eigenvalue weighted by atomic mass is 9.99. The third-order valence-corrected chi connectivity index (χ3v) is 5.32. The highest BCUT2D eigenvalue weighted by molar-refractivity contribution is 5.69. The third kappa shape index (κ3) is 11.0. The smallest absolute Gasteiger partial charge is 0.305 e. The molecular formula is C22H44NO7+. The molecule has 8 nitrogen and oxygen atoms in total. The molecule has 1 rings (SSSR count). The number of esters is 1. The molecule has 1 aliphatic heterocycles. The number of quaternary nitrogens is 1. The predicted molar refractivity (Wildman–Crippen MR) is 114 cm³/mol. The Morgan fingerprint density at radius 1 is 0.900 bits per heavy atom. The number of aliphatic hydroxyl groups excluding tert-OH is 3. The summed E-state index contributed by atoms with van der Waals surface area (Å²) in [6.45, 7) is 3.24. The fourth-order valence-corrected chi connectivity index (χ4v) is 3.40. The van der Waals surface area contributed by atoms with E-state index < -0.39 is 30.7 Å². The molecule has 1 aliphatic rings. The van der Waals surface area contributed by atoms with E-state index in [0.29, 0.717) is 13.0 Å². The van der Waals surface area contributed by atoms with E-state index in [9.17, 15) is 20.1 Å². The molecule has 1 saturated heterocycles. The van der Waals surface area contributed by atoms with Crippen LogP contribution in [0.25, 0.3) is 0 Å². The van der Waals surface area contributed by atoms with Crippen LogP contribution in [0.15, 0.2) is 0 Å². The Balaban J connectivity index is 2.31. The second kappa shape index (κ2) is 14.3. The number of hydrogen-bond donors (Lipinski definition) is 3. The lowest BCUT2D eigenvalue weighted by Gasteiger charge is -2.40. The van der Waals surface area contributed by atoms with Gasteiger partial charge in [0.2, 0.25) is 0 Å². The van der Waals surface area contributed by atoms with E-state index in [4.69, 9.17) is 14.2 Å². The van der Waals surface area contributed by atoms with Crippen molar-refractivity contribution in [2.24, 2.45) is 0 Å².